The Bertz CT molecular complexity index is 303. The number of hydrogen-bond donors (Lipinski definition) is 2. The zero-order chi connectivity index (χ0) is 14.3. The molecule has 1 aliphatic heterocycles. The minimum absolute atomic E-state index is 0.327. The van der Waals surface area contributed by atoms with Gasteiger partial charge in [-0.1, -0.05) is 13.3 Å². The molecule has 2 amide bonds. The summed E-state index contributed by atoms with van der Waals surface area (Å²) in [6.45, 7) is 3.97. The Balaban J connectivity index is 2.39. The topological polar surface area (TPSA) is 78.9 Å². The summed E-state index contributed by atoms with van der Waals surface area (Å²) in [4.78, 5) is 24.4. The summed E-state index contributed by atoms with van der Waals surface area (Å²) < 4.78 is 5.37. The van der Waals surface area contributed by atoms with Crippen molar-refractivity contribution in [1.82, 2.24) is 10.2 Å². The summed E-state index contributed by atoms with van der Waals surface area (Å²) in [6.07, 6.45) is 3.24. The largest absolute Gasteiger partial charge is 0.480 e. The maximum absolute atomic E-state index is 11.9. The summed E-state index contributed by atoms with van der Waals surface area (Å²) in [5.41, 5.74) is 0. The molecule has 0 aromatic rings. The van der Waals surface area contributed by atoms with Crippen LogP contribution in [0.25, 0.3) is 0 Å². The standard InChI is InChI=1S/C13H24N2O4/c1-3-5-11(12(16)17)14-13(18)15(2)8-10-6-4-7-19-9-10/h10-11H,3-9H2,1-2H3,(H,14,18)(H,16,17). The normalized spacial score (nSPS) is 20.6. The Labute approximate surface area is 114 Å². The predicted molar refractivity (Wildman–Crippen MR) is 71.0 cm³/mol. The Hall–Kier alpha value is -1.30. The van der Waals surface area contributed by atoms with Gasteiger partial charge >= 0.3 is 12.0 Å². The van der Waals surface area contributed by atoms with Crippen LogP contribution in [0.5, 0.6) is 0 Å². The maximum Gasteiger partial charge on any atom is 0.326 e. The smallest absolute Gasteiger partial charge is 0.326 e. The van der Waals surface area contributed by atoms with E-state index in [9.17, 15) is 9.59 Å². The number of carboxylic acids is 1. The van der Waals surface area contributed by atoms with Gasteiger partial charge in [-0.2, -0.15) is 0 Å². The first-order valence-electron chi connectivity index (χ1n) is 6.86. The van der Waals surface area contributed by atoms with Crippen LogP contribution in [-0.2, 0) is 9.53 Å². The number of ether oxygens (including phenoxy) is 1. The molecule has 1 heterocycles. The highest BCUT2D eigenvalue weighted by atomic mass is 16.5. The Kier molecular flexibility index (Phi) is 6.62. The molecule has 0 spiro atoms. The van der Waals surface area contributed by atoms with E-state index < -0.39 is 12.0 Å². The van der Waals surface area contributed by atoms with Crippen LogP contribution in [0.4, 0.5) is 4.79 Å². The molecule has 0 bridgehead atoms. The van der Waals surface area contributed by atoms with Gasteiger partial charge in [0, 0.05) is 26.1 Å². The highest BCUT2D eigenvalue weighted by molar-refractivity contribution is 5.82. The molecule has 1 aliphatic rings. The van der Waals surface area contributed by atoms with E-state index in [2.05, 4.69) is 5.32 Å². The number of nitrogens with zero attached hydrogens (tertiary/aromatic N) is 1. The molecule has 2 atom stereocenters. The van der Waals surface area contributed by atoms with Crippen LogP contribution in [0.15, 0.2) is 0 Å². The summed E-state index contributed by atoms with van der Waals surface area (Å²) in [7, 11) is 1.69. The van der Waals surface area contributed by atoms with Crippen molar-refractivity contribution in [3.63, 3.8) is 0 Å². The third-order valence-electron chi connectivity index (χ3n) is 3.31. The fraction of sp³-hybridized carbons (Fsp3) is 0.846. The molecule has 0 aliphatic carbocycles. The van der Waals surface area contributed by atoms with Crippen LogP contribution < -0.4 is 5.32 Å². The highest BCUT2D eigenvalue weighted by Crippen LogP contribution is 2.14. The van der Waals surface area contributed by atoms with E-state index in [1.807, 2.05) is 6.92 Å². The van der Waals surface area contributed by atoms with Crippen molar-refractivity contribution < 1.29 is 19.4 Å². The predicted octanol–water partition coefficient (Wildman–Crippen LogP) is 1.31. The average molecular weight is 272 g/mol. The molecule has 0 saturated carbocycles. The van der Waals surface area contributed by atoms with Crippen molar-refractivity contribution in [3.8, 4) is 0 Å². The average Bonchev–Trinajstić information content (AvgIpc) is 2.39. The number of aliphatic carboxylic acids is 1. The second-order valence-electron chi connectivity index (χ2n) is 5.09. The first kappa shape index (κ1) is 15.8. The fourth-order valence-corrected chi connectivity index (χ4v) is 2.23. The van der Waals surface area contributed by atoms with Crippen LogP contribution >= 0.6 is 0 Å². The molecule has 0 aromatic carbocycles. The van der Waals surface area contributed by atoms with E-state index in [0.717, 1.165) is 25.9 Å². The van der Waals surface area contributed by atoms with Gasteiger partial charge in [0.25, 0.3) is 0 Å². The number of urea groups is 1. The van der Waals surface area contributed by atoms with Crippen LogP contribution in [0.2, 0.25) is 0 Å². The second-order valence-corrected chi connectivity index (χ2v) is 5.09. The molecule has 110 valence electrons. The minimum Gasteiger partial charge on any atom is -0.480 e. The molecule has 2 unspecified atom stereocenters. The first-order valence-corrected chi connectivity index (χ1v) is 6.86. The number of carboxylic acid groups (broad SMARTS) is 1. The molecule has 1 saturated heterocycles. The van der Waals surface area contributed by atoms with E-state index in [-0.39, 0.29) is 6.03 Å². The SMILES string of the molecule is CCCC(NC(=O)N(C)CC1CCCOC1)C(=O)O. The number of amides is 2. The van der Waals surface area contributed by atoms with E-state index in [4.69, 9.17) is 9.84 Å². The zero-order valence-electron chi connectivity index (χ0n) is 11.7. The number of hydrogen-bond acceptors (Lipinski definition) is 3. The quantitative estimate of drug-likeness (QED) is 0.764. The van der Waals surface area contributed by atoms with Crippen LogP contribution in [0.1, 0.15) is 32.6 Å². The summed E-state index contributed by atoms with van der Waals surface area (Å²) in [5.74, 6) is -0.636. The molecule has 1 fully saturated rings. The maximum atomic E-state index is 11.9. The summed E-state index contributed by atoms with van der Waals surface area (Å²) in [6, 6.07) is -1.13. The van der Waals surface area contributed by atoms with Gasteiger partial charge in [-0.25, -0.2) is 9.59 Å². The van der Waals surface area contributed by atoms with Gasteiger partial charge in [0.05, 0.1) is 6.61 Å². The summed E-state index contributed by atoms with van der Waals surface area (Å²) in [5, 5.41) is 11.6. The van der Waals surface area contributed by atoms with Gasteiger partial charge in [-0.15, -0.1) is 0 Å². The molecule has 0 radical (unpaired) electrons. The monoisotopic (exact) mass is 272 g/mol. The Morgan fingerprint density at radius 2 is 2.26 bits per heavy atom. The zero-order valence-corrected chi connectivity index (χ0v) is 11.7. The van der Waals surface area contributed by atoms with Gasteiger partial charge in [0.1, 0.15) is 6.04 Å². The van der Waals surface area contributed by atoms with Gasteiger partial charge in [-0.3, -0.25) is 0 Å². The van der Waals surface area contributed by atoms with E-state index in [1.54, 1.807) is 11.9 Å². The van der Waals surface area contributed by atoms with Gasteiger partial charge < -0.3 is 20.1 Å². The van der Waals surface area contributed by atoms with Gasteiger partial charge in [0.15, 0.2) is 0 Å². The highest BCUT2D eigenvalue weighted by Gasteiger charge is 2.23. The lowest BCUT2D eigenvalue weighted by Crippen LogP contribution is -2.48. The molecule has 1 rings (SSSR count). The lowest BCUT2D eigenvalue weighted by molar-refractivity contribution is -0.139. The van der Waals surface area contributed by atoms with Crippen molar-refractivity contribution >= 4 is 12.0 Å². The molecule has 0 aromatic heterocycles. The van der Waals surface area contributed by atoms with E-state index in [0.29, 0.717) is 25.5 Å². The molecule has 2 N–H and O–H groups in total. The van der Waals surface area contributed by atoms with Gasteiger partial charge in [0.2, 0.25) is 0 Å². The summed E-state index contributed by atoms with van der Waals surface area (Å²) >= 11 is 0. The molecule has 6 heteroatoms. The van der Waals surface area contributed by atoms with Crippen molar-refractivity contribution in [3.05, 3.63) is 0 Å². The number of rotatable bonds is 6. The van der Waals surface area contributed by atoms with Crippen LogP contribution in [-0.4, -0.2) is 54.9 Å². The van der Waals surface area contributed by atoms with Crippen LogP contribution in [0, 0.1) is 5.92 Å². The Morgan fingerprint density at radius 3 is 2.79 bits per heavy atom. The minimum atomic E-state index is -0.982. The van der Waals surface area contributed by atoms with E-state index >= 15 is 0 Å². The Morgan fingerprint density at radius 1 is 1.53 bits per heavy atom. The number of carbonyl (C=O) groups excluding carboxylic acids is 1. The fourth-order valence-electron chi connectivity index (χ4n) is 2.23. The van der Waals surface area contributed by atoms with Crippen molar-refractivity contribution in [2.24, 2.45) is 5.92 Å². The molecular weight excluding hydrogens is 248 g/mol. The molecule has 6 nitrogen and oxygen atoms in total. The second kappa shape index (κ2) is 7.99. The molecule has 19 heavy (non-hydrogen) atoms. The van der Waals surface area contributed by atoms with E-state index in [1.165, 1.54) is 0 Å². The lowest BCUT2D eigenvalue weighted by atomic mass is 10.0. The van der Waals surface area contributed by atoms with Crippen molar-refractivity contribution in [1.29, 1.82) is 0 Å². The van der Waals surface area contributed by atoms with Crippen molar-refractivity contribution in [2.75, 3.05) is 26.8 Å². The number of nitrogens with one attached hydrogen (secondary N) is 1. The third-order valence-corrected chi connectivity index (χ3v) is 3.31. The molecular formula is C13H24N2O4. The number of carbonyl (C=O) groups is 2. The first-order chi connectivity index (χ1) is 9.04. The van der Waals surface area contributed by atoms with Crippen LogP contribution in [0.3, 0.4) is 0 Å². The lowest BCUT2D eigenvalue weighted by Gasteiger charge is -2.28. The van der Waals surface area contributed by atoms with Gasteiger partial charge in [-0.05, 0) is 19.3 Å². The third kappa shape index (κ3) is 5.46. The van der Waals surface area contributed by atoms with Crippen molar-refractivity contribution in [2.45, 2.75) is 38.6 Å².